The zero-order valence-corrected chi connectivity index (χ0v) is 17.5. The first-order valence-electron chi connectivity index (χ1n) is 10.4. The summed E-state index contributed by atoms with van der Waals surface area (Å²) in [6, 6.07) is 19.9. The molecule has 1 aliphatic heterocycles. The molecule has 5 rings (SSSR count). The number of aryl methyl sites for hydroxylation is 1. The molecule has 2 fully saturated rings. The monoisotopic (exact) mass is 406 g/mol. The third kappa shape index (κ3) is 3.91. The van der Waals surface area contributed by atoms with Crippen molar-refractivity contribution in [1.29, 1.82) is 0 Å². The van der Waals surface area contributed by atoms with Crippen molar-refractivity contribution in [3.63, 3.8) is 0 Å². The molecule has 1 unspecified atom stereocenters. The Morgan fingerprint density at radius 2 is 1.69 bits per heavy atom. The molecule has 0 spiro atoms. The minimum Gasteiger partial charge on any atom is -0.378 e. The van der Waals surface area contributed by atoms with Gasteiger partial charge in [0.25, 0.3) is 0 Å². The second kappa shape index (κ2) is 8.20. The van der Waals surface area contributed by atoms with Gasteiger partial charge in [0.15, 0.2) is 5.16 Å². The lowest BCUT2D eigenvalue weighted by atomic mass is 10.0. The van der Waals surface area contributed by atoms with E-state index in [9.17, 15) is 0 Å². The number of nitrogens with zero attached hydrogens (tertiary/aromatic N) is 4. The van der Waals surface area contributed by atoms with Crippen LogP contribution in [-0.4, -0.2) is 41.1 Å². The molecule has 6 heteroatoms. The maximum Gasteiger partial charge on any atom is 0.228 e. The molecular formula is C23H26N4OS. The number of thioether (sulfide) groups is 1. The SMILES string of the molecule is Cc1ccccc1C(Sc1nnc(N2CCOCC2)n1C1CC1)c1ccccc1. The Kier molecular flexibility index (Phi) is 5.29. The first kappa shape index (κ1) is 18.7. The van der Waals surface area contributed by atoms with Crippen LogP contribution in [-0.2, 0) is 4.74 Å². The number of hydrogen-bond donors (Lipinski definition) is 0. The molecule has 1 saturated carbocycles. The summed E-state index contributed by atoms with van der Waals surface area (Å²) in [5.41, 5.74) is 3.94. The average Bonchev–Trinajstić information content (AvgIpc) is 3.53. The van der Waals surface area contributed by atoms with Gasteiger partial charge >= 0.3 is 0 Å². The Balaban J connectivity index is 1.52. The first-order chi connectivity index (χ1) is 14.3. The maximum absolute atomic E-state index is 5.53. The van der Waals surface area contributed by atoms with E-state index in [2.05, 4.69) is 81.2 Å². The normalized spacial score (nSPS) is 18.0. The third-order valence-corrected chi connectivity index (χ3v) is 6.90. The molecule has 2 heterocycles. The summed E-state index contributed by atoms with van der Waals surface area (Å²) in [6.45, 7) is 5.48. The van der Waals surface area contributed by atoms with Crippen molar-refractivity contribution in [2.75, 3.05) is 31.2 Å². The van der Waals surface area contributed by atoms with Crippen LogP contribution >= 0.6 is 11.8 Å². The standard InChI is InChI=1S/C23H26N4OS/c1-17-7-5-6-10-20(17)21(18-8-3-2-4-9-18)29-23-25-24-22(27(23)19-11-12-19)26-13-15-28-16-14-26/h2-10,19,21H,11-16H2,1H3. The summed E-state index contributed by atoms with van der Waals surface area (Å²) in [7, 11) is 0. The van der Waals surface area contributed by atoms with Crippen LogP contribution in [0, 0.1) is 6.92 Å². The van der Waals surface area contributed by atoms with E-state index in [0.717, 1.165) is 37.4 Å². The van der Waals surface area contributed by atoms with Crippen molar-refractivity contribution in [3.8, 4) is 0 Å². The molecular weight excluding hydrogens is 380 g/mol. The molecule has 0 N–H and O–H groups in total. The van der Waals surface area contributed by atoms with Crippen LogP contribution in [0.2, 0.25) is 0 Å². The average molecular weight is 407 g/mol. The van der Waals surface area contributed by atoms with Crippen molar-refractivity contribution in [3.05, 3.63) is 71.3 Å². The molecule has 0 bridgehead atoms. The lowest BCUT2D eigenvalue weighted by Gasteiger charge is -2.28. The zero-order valence-electron chi connectivity index (χ0n) is 16.7. The van der Waals surface area contributed by atoms with Gasteiger partial charge < -0.3 is 9.64 Å². The topological polar surface area (TPSA) is 43.2 Å². The molecule has 1 aromatic heterocycles. The van der Waals surface area contributed by atoms with E-state index >= 15 is 0 Å². The number of benzene rings is 2. The molecule has 1 saturated heterocycles. The maximum atomic E-state index is 5.53. The fourth-order valence-corrected chi connectivity index (χ4v) is 5.23. The largest absolute Gasteiger partial charge is 0.378 e. The van der Waals surface area contributed by atoms with E-state index < -0.39 is 0 Å². The summed E-state index contributed by atoms with van der Waals surface area (Å²) in [6.07, 6.45) is 2.42. The quantitative estimate of drug-likeness (QED) is 0.558. The second-order valence-corrected chi connectivity index (χ2v) is 8.82. The highest BCUT2D eigenvalue weighted by Crippen LogP contribution is 2.46. The fourth-order valence-electron chi connectivity index (χ4n) is 3.91. The smallest absolute Gasteiger partial charge is 0.228 e. The number of anilines is 1. The van der Waals surface area contributed by atoms with Crippen LogP contribution in [0.15, 0.2) is 59.8 Å². The molecule has 1 atom stereocenters. The summed E-state index contributed by atoms with van der Waals surface area (Å²) in [5.74, 6) is 1.01. The molecule has 29 heavy (non-hydrogen) atoms. The Hall–Kier alpha value is -2.31. The lowest BCUT2D eigenvalue weighted by molar-refractivity contribution is 0.121. The van der Waals surface area contributed by atoms with E-state index in [-0.39, 0.29) is 5.25 Å². The molecule has 2 aromatic carbocycles. The van der Waals surface area contributed by atoms with Gasteiger partial charge in [0.05, 0.1) is 18.5 Å². The van der Waals surface area contributed by atoms with E-state index in [4.69, 9.17) is 4.74 Å². The van der Waals surface area contributed by atoms with Crippen molar-refractivity contribution < 1.29 is 4.74 Å². The minimum absolute atomic E-state index is 0.191. The van der Waals surface area contributed by atoms with Gasteiger partial charge in [-0.15, -0.1) is 10.2 Å². The van der Waals surface area contributed by atoms with Gasteiger partial charge in [-0.25, -0.2) is 0 Å². The van der Waals surface area contributed by atoms with Gasteiger partial charge in [-0.1, -0.05) is 66.4 Å². The van der Waals surface area contributed by atoms with Gasteiger partial charge in [-0.3, -0.25) is 4.57 Å². The van der Waals surface area contributed by atoms with Crippen molar-refractivity contribution in [2.45, 2.75) is 36.2 Å². The molecule has 3 aromatic rings. The van der Waals surface area contributed by atoms with E-state index in [0.29, 0.717) is 6.04 Å². The lowest BCUT2D eigenvalue weighted by Crippen LogP contribution is -2.38. The van der Waals surface area contributed by atoms with E-state index in [1.807, 2.05) is 11.8 Å². The van der Waals surface area contributed by atoms with Gasteiger partial charge in [-0.05, 0) is 36.5 Å². The summed E-state index contributed by atoms with van der Waals surface area (Å²) in [4.78, 5) is 2.32. The first-order valence-corrected chi connectivity index (χ1v) is 11.2. The second-order valence-electron chi connectivity index (χ2n) is 7.75. The zero-order chi connectivity index (χ0) is 19.6. The van der Waals surface area contributed by atoms with Crippen LogP contribution < -0.4 is 4.90 Å². The van der Waals surface area contributed by atoms with E-state index in [1.165, 1.54) is 29.5 Å². The molecule has 0 radical (unpaired) electrons. The highest BCUT2D eigenvalue weighted by Gasteiger charge is 2.33. The Morgan fingerprint density at radius 1 is 0.966 bits per heavy atom. The summed E-state index contributed by atoms with van der Waals surface area (Å²) < 4.78 is 7.91. The number of aromatic nitrogens is 3. The molecule has 1 aliphatic carbocycles. The van der Waals surface area contributed by atoms with Gasteiger partial charge in [0.1, 0.15) is 0 Å². The number of rotatable bonds is 6. The van der Waals surface area contributed by atoms with Crippen LogP contribution in [0.1, 0.15) is 40.8 Å². The molecule has 2 aliphatic rings. The highest BCUT2D eigenvalue weighted by molar-refractivity contribution is 7.99. The fraction of sp³-hybridized carbons (Fsp3) is 0.391. The van der Waals surface area contributed by atoms with Gasteiger partial charge in [0.2, 0.25) is 5.95 Å². The van der Waals surface area contributed by atoms with Crippen LogP contribution in [0.3, 0.4) is 0 Å². The van der Waals surface area contributed by atoms with Crippen molar-refractivity contribution in [1.82, 2.24) is 14.8 Å². The van der Waals surface area contributed by atoms with Gasteiger partial charge in [0, 0.05) is 19.1 Å². The molecule has 150 valence electrons. The van der Waals surface area contributed by atoms with Gasteiger partial charge in [-0.2, -0.15) is 0 Å². The predicted molar refractivity (Wildman–Crippen MR) is 117 cm³/mol. The molecule has 0 amide bonds. The van der Waals surface area contributed by atoms with Crippen molar-refractivity contribution >= 4 is 17.7 Å². The third-order valence-electron chi connectivity index (χ3n) is 5.65. The number of morpholine rings is 1. The van der Waals surface area contributed by atoms with Crippen LogP contribution in [0.4, 0.5) is 5.95 Å². The summed E-state index contributed by atoms with van der Waals surface area (Å²) in [5, 5.41) is 10.5. The minimum atomic E-state index is 0.191. The van der Waals surface area contributed by atoms with Crippen LogP contribution in [0.25, 0.3) is 0 Å². The highest BCUT2D eigenvalue weighted by atomic mass is 32.2. The van der Waals surface area contributed by atoms with Crippen LogP contribution in [0.5, 0.6) is 0 Å². The van der Waals surface area contributed by atoms with E-state index in [1.54, 1.807) is 0 Å². The molecule has 5 nitrogen and oxygen atoms in total. The number of hydrogen-bond acceptors (Lipinski definition) is 5. The Morgan fingerprint density at radius 3 is 2.41 bits per heavy atom. The Bertz CT molecular complexity index is 964. The number of ether oxygens (including phenoxy) is 1. The summed E-state index contributed by atoms with van der Waals surface area (Å²) >= 11 is 1.82. The van der Waals surface area contributed by atoms with Crippen molar-refractivity contribution in [2.24, 2.45) is 0 Å². The predicted octanol–water partition coefficient (Wildman–Crippen LogP) is 4.64. The Labute approximate surface area is 176 Å².